The summed E-state index contributed by atoms with van der Waals surface area (Å²) in [7, 11) is 0. The van der Waals surface area contributed by atoms with Crippen molar-refractivity contribution in [2.75, 3.05) is 50.9 Å². The Morgan fingerprint density at radius 3 is 2.62 bits per heavy atom. The van der Waals surface area contributed by atoms with E-state index in [4.69, 9.17) is 9.73 Å². The van der Waals surface area contributed by atoms with E-state index >= 15 is 0 Å². The maximum atomic E-state index is 9.70. The Morgan fingerprint density at radius 1 is 1.27 bits per heavy atom. The SMILES string of the molecule is CCNC(=NCC1(N2CCOCC2)CCSC1)NC1CCC(O)CC1.I. The first-order chi connectivity index (χ1) is 12.2. The molecule has 1 unspecified atom stereocenters. The Hall–Kier alpha value is 0.230. The molecule has 6 nitrogen and oxygen atoms in total. The predicted octanol–water partition coefficient (Wildman–Crippen LogP) is 1.67. The van der Waals surface area contributed by atoms with Gasteiger partial charge in [-0.25, -0.2) is 0 Å². The minimum atomic E-state index is -0.113. The zero-order valence-electron chi connectivity index (χ0n) is 15.9. The van der Waals surface area contributed by atoms with Crippen LogP contribution in [0.3, 0.4) is 0 Å². The predicted molar refractivity (Wildman–Crippen MR) is 120 cm³/mol. The minimum absolute atomic E-state index is 0. The molecular formula is C18H35IN4O2S. The van der Waals surface area contributed by atoms with Crippen molar-refractivity contribution < 1.29 is 9.84 Å². The van der Waals surface area contributed by atoms with Gasteiger partial charge in [-0.2, -0.15) is 11.8 Å². The van der Waals surface area contributed by atoms with Crippen molar-refractivity contribution in [2.24, 2.45) is 4.99 Å². The van der Waals surface area contributed by atoms with Gasteiger partial charge in [-0.3, -0.25) is 9.89 Å². The summed E-state index contributed by atoms with van der Waals surface area (Å²) in [5.74, 6) is 3.34. The van der Waals surface area contributed by atoms with Crippen LogP contribution in [-0.4, -0.2) is 84.5 Å². The Kier molecular flexibility index (Phi) is 9.77. The maximum Gasteiger partial charge on any atom is 0.191 e. The molecule has 8 heteroatoms. The van der Waals surface area contributed by atoms with Gasteiger partial charge in [0.15, 0.2) is 5.96 Å². The van der Waals surface area contributed by atoms with E-state index in [-0.39, 0.29) is 35.6 Å². The van der Waals surface area contributed by atoms with Gasteiger partial charge in [0.05, 0.1) is 31.4 Å². The fraction of sp³-hybridized carbons (Fsp3) is 0.944. The highest BCUT2D eigenvalue weighted by atomic mass is 127. The Labute approximate surface area is 179 Å². The van der Waals surface area contributed by atoms with Crippen molar-refractivity contribution in [3.63, 3.8) is 0 Å². The zero-order valence-corrected chi connectivity index (χ0v) is 19.1. The number of nitrogens with zero attached hydrogens (tertiary/aromatic N) is 2. The molecule has 2 heterocycles. The van der Waals surface area contributed by atoms with E-state index in [1.165, 1.54) is 17.9 Å². The third kappa shape index (κ3) is 6.12. The number of hydrogen-bond donors (Lipinski definition) is 3. The van der Waals surface area contributed by atoms with Crippen LogP contribution in [0.25, 0.3) is 0 Å². The van der Waals surface area contributed by atoms with Crippen LogP contribution in [0.15, 0.2) is 4.99 Å². The number of nitrogens with one attached hydrogen (secondary N) is 2. The quantitative estimate of drug-likeness (QED) is 0.305. The van der Waals surface area contributed by atoms with Crippen LogP contribution in [0.2, 0.25) is 0 Å². The number of aliphatic hydroxyl groups excluding tert-OH is 1. The third-order valence-electron chi connectivity index (χ3n) is 5.68. The lowest BCUT2D eigenvalue weighted by Gasteiger charge is -2.42. The molecule has 0 aromatic carbocycles. The van der Waals surface area contributed by atoms with Gasteiger partial charge in [0, 0.05) is 31.4 Å². The van der Waals surface area contributed by atoms with Crippen molar-refractivity contribution in [2.45, 2.75) is 56.7 Å². The molecule has 3 aliphatic rings. The van der Waals surface area contributed by atoms with E-state index in [0.29, 0.717) is 6.04 Å². The van der Waals surface area contributed by atoms with Gasteiger partial charge in [0.1, 0.15) is 0 Å². The lowest BCUT2D eigenvalue weighted by atomic mass is 9.93. The second-order valence-corrected chi connectivity index (χ2v) is 8.58. The van der Waals surface area contributed by atoms with Crippen molar-refractivity contribution >= 4 is 41.7 Å². The maximum absolute atomic E-state index is 9.70. The standard InChI is InChI=1S/C18H34N4O2S.HI/c1-2-19-17(21-15-3-5-16(23)6-4-15)20-13-18(7-12-25-14-18)22-8-10-24-11-9-22;/h15-16,23H,2-14H2,1H3,(H2,19,20,21);1H. The summed E-state index contributed by atoms with van der Waals surface area (Å²) in [5.41, 5.74) is 0.194. The molecular weight excluding hydrogens is 463 g/mol. The van der Waals surface area contributed by atoms with E-state index in [1.807, 2.05) is 0 Å². The lowest BCUT2D eigenvalue weighted by Crippen LogP contribution is -2.56. The number of guanidine groups is 1. The average molecular weight is 498 g/mol. The minimum Gasteiger partial charge on any atom is -0.393 e. The topological polar surface area (TPSA) is 69.1 Å². The van der Waals surface area contributed by atoms with E-state index in [9.17, 15) is 5.11 Å². The van der Waals surface area contributed by atoms with Crippen LogP contribution in [0.5, 0.6) is 0 Å². The van der Waals surface area contributed by atoms with Crippen LogP contribution in [-0.2, 0) is 4.74 Å². The molecule has 0 aromatic heterocycles. The summed E-state index contributed by atoms with van der Waals surface area (Å²) in [5, 5.41) is 16.7. The van der Waals surface area contributed by atoms with Gasteiger partial charge in [0.25, 0.3) is 0 Å². The summed E-state index contributed by atoms with van der Waals surface area (Å²) in [6.45, 7) is 7.59. The zero-order chi connectivity index (χ0) is 17.5. The summed E-state index contributed by atoms with van der Waals surface area (Å²) in [6.07, 6.45) is 4.94. The number of aliphatic imine (C=N–C) groups is 1. The number of ether oxygens (including phenoxy) is 1. The fourth-order valence-electron chi connectivity index (χ4n) is 4.07. The summed E-state index contributed by atoms with van der Waals surface area (Å²) in [6, 6.07) is 0.429. The number of aliphatic hydroxyl groups is 1. The van der Waals surface area contributed by atoms with E-state index < -0.39 is 0 Å². The van der Waals surface area contributed by atoms with Crippen molar-refractivity contribution in [1.82, 2.24) is 15.5 Å². The fourth-order valence-corrected chi connectivity index (χ4v) is 5.53. The van der Waals surface area contributed by atoms with Crippen LogP contribution in [0.4, 0.5) is 0 Å². The van der Waals surface area contributed by atoms with E-state index in [2.05, 4.69) is 34.2 Å². The highest BCUT2D eigenvalue weighted by Gasteiger charge is 2.40. The molecule has 0 bridgehead atoms. The first-order valence-electron chi connectivity index (χ1n) is 9.85. The summed E-state index contributed by atoms with van der Waals surface area (Å²) in [4.78, 5) is 7.60. The highest BCUT2D eigenvalue weighted by molar-refractivity contribution is 14.0. The molecule has 3 N–H and O–H groups in total. The molecule has 152 valence electrons. The van der Waals surface area contributed by atoms with Gasteiger partial charge in [-0.15, -0.1) is 24.0 Å². The Balaban J connectivity index is 0.00000243. The molecule has 3 fully saturated rings. The van der Waals surface area contributed by atoms with Crippen molar-refractivity contribution in [3.05, 3.63) is 0 Å². The molecule has 2 saturated heterocycles. The number of hydrogen-bond acceptors (Lipinski definition) is 5. The molecule has 3 rings (SSSR count). The lowest BCUT2D eigenvalue weighted by molar-refractivity contribution is -0.0104. The third-order valence-corrected chi connectivity index (χ3v) is 6.91. The van der Waals surface area contributed by atoms with Crippen LogP contribution in [0, 0.1) is 0 Å². The Morgan fingerprint density at radius 2 is 2.00 bits per heavy atom. The van der Waals surface area contributed by atoms with E-state index in [0.717, 1.165) is 71.0 Å². The number of morpholine rings is 1. The normalized spacial score (nSPS) is 33.5. The molecule has 0 aromatic rings. The second-order valence-electron chi connectivity index (χ2n) is 7.47. The van der Waals surface area contributed by atoms with Crippen molar-refractivity contribution in [1.29, 1.82) is 0 Å². The van der Waals surface area contributed by atoms with Gasteiger partial charge >= 0.3 is 0 Å². The van der Waals surface area contributed by atoms with Crippen LogP contribution >= 0.6 is 35.7 Å². The molecule has 1 atom stereocenters. The molecule has 0 radical (unpaired) electrons. The Bertz CT molecular complexity index is 435. The summed E-state index contributed by atoms with van der Waals surface area (Å²) < 4.78 is 5.55. The molecule has 0 amide bonds. The van der Waals surface area contributed by atoms with Crippen molar-refractivity contribution in [3.8, 4) is 0 Å². The van der Waals surface area contributed by atoms with Gasteiger partial charge in [-0.05, 0) is 44.8 Å². The molecule has 0 spiro atoms. The number of rotatable bonds is 5. The number of halogens is 1. The average Bonchev–Trinajstić information content (AvgIpc) is 3.13. The van der Waals surface area contributed by atoms with Gasteiger partial charge in [-0.1, -0.05) is 0 Å². The molecule has 26 heavy (non-hydrogen) atoms. The number of thioether (sulfide) groups is 1. The monoisotopic (exact) mass is 498 g/mol. The van der Waals surface area contributed by atoms with E-state index in [1.54, 1.807) is 0 Å². The molecule has 1 saturated carbocycles. The molecule has 1 aliphatic carbocycles. The first kappa shape index (κ1) is 22.5. The van der Waals surface area contributed by atoms with Gasteiger partial charge in [0.2, 0.25) is 0 Å². The van der Waals surface area contributed by atoms with Crippen LogP contribution in [0.1, 0.15) is 39.0 Å². The second kappa shape index (κ2) is 11.3. The first-order valence-corrected chi connectivity index (χ1v) is 11.0. The molecule has 2 aliphatic heterocycles. The van der Waals surface area contributed by atoms with Gasteiger partial charge < -0.3 is 20.5 Å². The smallest absolute Gasteiger partial charge is 0.191 e. The largest absolute Gasteiger partial charge is 0.393 e. The van der Waals surface area contributed by atoms with Crippen LogP contribution < -0.4 is 10.6 Å². The highest BCUT2D eigenvalue weighted by Crippen LogP contribution is 2.34. The summed E-state index contributed by atoms with van der Waals surface area (Å²) >= 11 is 2.06.